The summed E-state index contributed by atoms with van der Waals surface area (Å²) in [5, 5.41) is 19.8. The van der Waals surface area contributed by atoms with Gasteiger partial charge in [-0.1, -0.05) is 31.4 Å². The summed E-state index contributed by atoms with van der Waals surface area (Å²) in [6.45, 7) is 0. The second kappa shape index (κ2) is 4.88. The number of phenolic OH excluding ortho intramolecular Hbond substituents is 1. The van der Waals surface area contributed by atoms with E-state index >= 15 is 0 Å². The zero-order valence-corrected chi connectivity index (χ0v) is 9.80. The zero-order valence-electron chi connectivity index (χ0n) is 9.80. The first kappa shape index (κ1) is 12.1. The first-order valence-electron chi connectivity index (χ1n) is 6.12. The van der Waals surface area contributed by atoms with Crippen LogP contribution in [0.1, 0.15) is 43.6 Å². The van der Waals surface area contributed by atoms with Crippen LogP contribution < -0.4 is 0 Å². The van der Waals surface area contributed by atoms with E-state index in [2.05, 4.69) is 0 Å². The van der Waals surface area contributed by atoms with Crippen LogP contribution in [0.15, 0.2) is 24.3 Å². The van der Waals surface area contributed by atoms with Gasteiger partial charge in [0.2, 0.25) is 0 Å². The molecule has 1 atom stereocenters. The fraction of sp³-hybridized carbons (Fsp3) is 0.500. The number of benzene rings is 1. The highest BCUT2D eigenvalue weighted by Crippen LogP contribution is 2.39. The Morgan fingerprint density at radius 1 is 1.12 bits per heavy atom. The molecule has 1 aliphatic carbocycles. The van der Waals surface area contributed by atoms with Crippen molar-refractivity contribution in [1.29, 1.82) is 0 Å². The number of carbonyl (C=O) groups is 1. The number of hydrogen-bond acceptors (Lipinski definition) is 3. The van der Waals surface area contributed by atoms with Crippen molar-refractivity contribution >= 4 is 6.29 Å². The predicted octanol–water partition coefficient (Wildman–Crippen LogP) is 2.37. The Labute approximate surface area is 101 Å². The molecule has 0 heterocycles. The van der Waals surface area contributed by atoms with Gasteiger partial charge >= 0.3 is 0 Å². The number of aromatic hydroxyl groups is 1. The minimum Gasteiger partial charge on any atom is -0.508 e. The number of aliphatic hydroxyl groups is 1. The SMILES string of the molecule is O=CC(c1ccc(O)cc1)C1(O)CCCCC1. The highest BCUT2D eigenvalue weighted by atomic mass is 16.3. The third kappa shape index (κ3) is 2.50. The van der Waals surface area contributed by atoms with Crippen molar-refractivity contribution in [2.24, 2.45) is 0 Å². The van der Waals surface area contributed by atoms with Gasteiger partial charge in [0.1, 0.15) is 12.0 Å². The maximum absolute atomic E-state index is 11.3. The van der Waals surface area contributed by atoms with Crippen molar-refractivity contribution in [2.75, 3.05) is 0 Å². The van der Waals surface area contributed by atoms with Crippen molar-refractivity contribution in [3.8, 4) is 5.75 Å². The van der Waals surface area contributed by atoms with Crippen LogP contribution in [0.3, 0.4) is 0 Å². The van der Waals surface area contributed by atoms with Gasteiger partial charge in [0, 0.05) is 0 Å². The second-order valence-corrected chi connectivity index (χ2v) is 4.87. The van der Waals surface area contributed by atoms with Crippen LogP contribution in [0.5, 0.6) is 5.75 Å². The number of aldehydes is 1. The molecule has 3 nitrogen and oxygen atoms in total. The number of rotatable bonds is 3. The van der Waals surface area contributed by atoms with E-state index in [1.807, 2.05) is 0 Å². The Kier molecular flexibility index (Phi) is 3.48. The molecule has 0 spiro atoms. The molecule has 92 valence electrons. The molecule has 0 aromatic heterocycles. The van der Waals surface area contributed by atoms with E-state index in [-0.39, 0.29) is 5.75 Å². The Hall–Kier alpha value is -1.35. The summed E-state index contributed by atoms with van der Waals surface area (Å²) in [6.07, 6.45) is 5.26. The lowest BCUT2D eigenvalue weighted by atomic mass is 9.73. The highest BCUT2D eigenvalue weighted by molar-refractivity contribution is 5.64. The summed E-state index contributed by atoms with van der Waals surface area (Å²) in [5.41, 5.74) is -0.126. The summed E-state index contributed by atoms with van der Waals surface area (Å²) in [7, 11) is 0. The molecule has 0 radical (unpaired) electrons. The highest BCUT2D eigenvalue weighted by Gasteiger charge is 2.38. The lowest BCUT2D eigenvalue weighted by Crippen LogP contribution is -2.39. The molecule has 0 aliphatic heterocycles. The van der Waals surface area contributed by atoms with E-state index in [0.717, 1.165) is 31.1 Å². The normalized spacial score (nSPS) is 20.8. The molecule has 0 saturated heterocycles. The molecule has 0 bridgehead atoms. The third-order valence-corrected chi connectivity index (χ3v) is 3.69. The molecule has 1 fully saturated rings. The van der Waals surface area contributed by atoms with Crippen molar-refractivity contribution in [2.45, 2.75) is 43.6 Å². The molecule has 1 aliphatic rings. The minimum absolute atomic E-state index is 0.175. The van der Waals surface area contributed by atoms with Crippen LogP contribution in [0.25, 0.3) is 0 Å². The molecule has 2 N–H and O–H groups in total. The molecule has 17 heavy (non-hydrogen) atoms. The largest absolute Gasteiger partial charge is 0.508 e. The second-order valence-electron chi connectivity index (χ2n) is 4.87. The summed E-state index contributed by atoms with van der Waals surface area (Å²) in [5.74, 6) is -0.308. The van der Waals surface area contributed by atoms with Gasteiger partial charge in [-0.05, 0) is 30.5 Å². The van der Waals surface area contributed by atoms with Gasteiger partial charge in [-0.2, -0.15) is 0 Å². The van der Waals surface area contributed by atoms with Crippen LogP contribution in [-0.4, -0.2) is 22.1 Å². The summed E-state index contributed by atoms with van der Waals surface area (Å²) >= 11 is 0. The molecular weight excluding hydrogens is 216 g/mol. The summed E-state index contributed by atoms with van der Waals surface area (Å²) in [6, 6.07) is 6.53. The number of hydrogen-bond donors (Lipinski definition) is 2. The van der Waals surface area contributed by atoms with Crippen molar-refractivity contribution in [1.82, 2.24) is 0 Å². The smallest absolute Gasteiger partial charge is 0.130 e. The average molecular weight is 234 g/mol. The number of carbonyl (C=O) groups excluding carboxylic acids is 1. The lowest BCUT2D eigenvalue weighted by Gasteiger charge is -2.36. The van der Waals surface area contributed by atoms with Crippen LogP contribution in [-0.2, 0) is 4.79 Å². The topological polar surface area (TPSA) is 57.5 Å². The molecule has 1 aromatic carbocycles. The van der Waals surface area contributed by atoms with E-state index in [9.17, 15) is 15.0 Å². The van der Waals surface area contributed by atoms with Crippen LogP contribution in [0.4, 0.5) is 0 Å². The Bertz CT molecular complexity index is 377. The van der Waals surface area contributed by atoms with E-state index in [1.165, 1.54) is 0 Å². The van der Waals surface area contributed by atoms with Gasteiger partial charge in [0.15, 0.2) is 0 Å². The van der Waals surface area contributed by atoms with E-state index < -0.39 is 11.5 Å². The van der Waals surface area contributed by atoms with Crippen LogP contribution >= 0.6 is 0 Å². The van der Waals surface area contributed by atoms with Crippen molar-refractivity contribution in [3.05, 3.63) is 29.8 Å². The quantitative estimate of drug-likeness (QED) is 0.789. The molecule has 3 heteroatoms. The number of phenols is 1. The monoisotopic (exact) mass is 234 g/mol. The molecule has 0 amide bonds. The lowest BCUT2D eigenvalue weighted by molar-refractivity contribution is -0.117. The first-order chi connectivity index (χ1) is 8.15. The van der Waals surface area contributed by atoms with Crippen LogP contribution in [0.2, 0.25) is 0 Å². The standard InChI is InChI=1S/C14H18O3/c15-10-13(11-4-6-12(16)7-5-11)14(17)8-2-1-3-9-14/h4-7,10,13,16-17H,1-3,8-9H2. The summed E-state index contributed by atoms with van der Waals surface area (Å²) < 4.78 is 0. The molecule has 2 rings (SSSR count). The fourth-order valence-electron chi connectivity index (χ4n) is 2.67. The van der Waals surface area contributed by atoms with Gasteiger partial charge < -0.3 is 15.0 Å². The van der Waals surface area contributed by atoms with E-state index in [0.29, 0.717) is 12.8 Å². The first-order valence-corrected chi connectivity index (χ1v) is 6.12. The molecule has 1 saturated carbocycles. The predicted molar refractivity (Wildman–Crippen MR) is 64.9 cm³/mol. The maximum atomic E-state index is 11.3. The third-order valence-electron chi connectivity index (χ3n) is 3.69. The van der Waals surface area contributed by atoms with Gasteiger partial charge in [0.05, 0.1) is 11.5 Å². The minimum atomic E-state index is -0.906. The zero-order chi connectivity index (χ0) is 12.3. The van der Waals surface area contributed by atoms with E-state index in [1.54, 1.807) is 24.3 Å². The van der Waals surface area contributed by atoms with Crippen LogP contribution in [0, 0.1) is 0 Å². The van der Waals surface area contributed by atoms with Gasteiger partial charge in [-0.25, -0.2) is 0 Å². The maximum Gasteiger partial charge on any atom is 0.130 e. The summed E-state index contributed by atoms with van der Waals surface area (Å²) in [4.78, 5) is 11.3. The Morgan fingerprint density at radius 3 is 2.24 bits per heavy atom. The molecule has 1 aromatic rings. The van der Waals surface area contributed by atoms with Crippen molar-refractivity contribution in [3.63, 3.8) is 0 Å². The van der Waals surface area contributed by atoms with Gasteiger partial charge in [-0.3, -0.25) is 0 Å². The van der Waals surface area contributed by atoms with Gasteiger partial charge in [0.25, 0.3) is 0 Å². The fourth-order valence-corrected chi connectivity index (χ4v) is 2.67. The molecule has 1 unspecified atom stereocenters. The Morgan fingerprint density at radius 2 is 1.71 bits per heavy atom. The van der Waals surface area contributed by atoms with E-state index in [4.69, 9.17) is 0 Å². The van der Waals surface area contributed by atoms with Crippen molar-refractivity contribution < 1.29 is 15.0 Å². The average Bonchev–Trinajstić information content (AvgIpc) is 2.33. The molecular formula is C14H18O3. The van der Waals surface area contributed by atoms with Gasteiger partial charge in [-0.15, -0.1) is 0 Å². The Balaban J connectivity index is 2.26.